The Hall–Kier alpha value is -5.24. The molecule has 2 atom stereocenters. The molecule has 0 radical (unpaired) electrons. The molecule has 0 amide bonds. The summed E-state index contributed by atoms with van der Waals surface area (Å²) in [6.07, 6.45) is 2.03. The Kier molecular flexibility index (Phi) is 6.22. The Morgan fingerprint density at radius 2 is 1.29 bits per heavy atom. The average Bonchev–Trinajstić information content (AvgIpc) is 3.26. The summed E-state index contributed by atoms with van der Waals surface area (Å²) in [7, 11) is 0. The van der Waals surface area contributed by atoms with Gasteiger partial charge < -0.3 is 30.3 Å². The summed E-state index contributed by atoms with van der Waals surface area (Å²) in [6, 6.07) is 18.8. The molecule has 4 aromatic carbocycles. The third-order valence-corrected chi connectivity index (χ3v) is 6.35. The third-order valence-electron chi connectivity index (χ3n) is 6.35. The van der Waals surface area contributed by atoms with Crippen molar-refractivity contribution in [3.63, 3.8) is 0 Å². The predicted molar refractivity (Wildman–Crippen MR) is 138 cm³/mol. The highest BCUT2D eigenvalue weighted by Crippen LogP contribution is 2.49. The number of ketones is 2. The summed E-state index contributed by atoms with van der Waals surface area (Å²) >= 11 is 0. The van der Waals surface area contributed by atoms with Crippen molar-refractivity contribution < 1.29 is 39.9 Å². The summed E-state index contributed by atoms with van der Waals surface area (Å²) < 4.78 is 6.15. The maximum Gasteiger partial charge on any atom is 0.189 e. The second kappa shape index (κ2) is 9.67. The van der Waals surface area contributed by atoms with Crippen molar-refractivity contribution in [2.45, 2.75) is 12.0 Å². The number of carbonyl (C=O) groups is 2. The minimum Gasteiger partial charge on any atom is -0.508 e. The van der Waals surface area contributed by atoms with Gasteiger partial charge in [0.15, 0.2) is 11.6 Å². The van der Waals surface area contributed by atoms with E-state index in [0.717, 1.165) is 12.1 Å². The van der Waals surface area contributed by atoms with Gasteiger partial charge >= 0.3 is 0 Å². The zero-order valence-corrected chi connectivity index (χ0v) is 19.8. The van der Waals surface area contributed by atoms with Gasteiger partial charge in [0.2, 0.25) is 0 Å². The SMILES string of the molecule is O=C(/C=C\c1ccc2c(c1)[C@H](C(=O)c1ccc(O)cc1O)[C@@H](c1ccc(O)cc1)O2)c1ccc(O)cc1O. The lowest BCUT2D eigenvalue weighted by Gasteiger charge is -2.19. The van der Waals surface area contributed by atoms with Gasteiger partial charge in [0.05, 0.1) is 17.0 Å². The van der Waals surface area contributed by atoms with Crippen LogP contribution in [-0.2, 0) is 0 Å². The molecule has 5 N–H and O–H groups in total. The number of Topliss-reactive ketones (excluding diaryl/α,β-unsaturated/α-hetero) is 1. The van der Waals surface area contributed by atoms with Gasteiger partial charge in [-0.2, -0.15) is 0 Å². The highest BCUT2D eigenvalue weighted by atomic mass is 16.5. The van der Waals surface area contributed by atoms with Crippen molar-refractivity contribution >= 4 is 17.6 Å². The Balaban J connectivity index is 1.52. The standard InChI is InChI=1S/C30H22O8/c31-18-5-3-17(4-6-18)30-28(29(37)22-10-8-20(33)15-26(22)36)23-13-16(2-12-27(23)38-30)1-11-24(34)21-9-7-19(32)14-25(21)35/h1-15,28,30-33,35-36H/b11-1-/t28-,30-/m1/s1. The van der Waals surface area contributed by atoms with Gasteiger partial charge in [-0.25, -0.2) is 0 Å². The van der Waals surface area contributed by atoms with Crippen LogP contribution < -0.4 is 4.74 Å². The number of hydrogen-bond donors (Lipinski definition) is 5. The van der Waals surface area contributed by atoms with Gasteiger partial charge in [-0.1, -0.05) is 24.3 Å². The molecule has 0 fully saturated rings. The van der Waals surface area contributed by atoms with Gasteiger partial charge in [0.1, 0.15) is 40.6 Å². The van der Waals surface area contributed by atoms with E-state index < -0.39 is 23.6 Å². The Labute approximate surface area is 217 Å². The number of benzene rings is 4. The fourth-order valence-corrected chi connectivity index (χ4v) is 4.48. The predicted octanol–water partition coefficient (Wildman–Crippen LogP) is 5.21. The van der Waals surface area contributed by atoms with Crippen LogP contribution in [0.15, 0.2) is 84.9 Å². The van der Waals surface area contributed by atoms with Gasteiger partial charge in [-0.15, -0.1) is 0 Å². The molecule has 5 rings (SSSR count). The van der Waals surface area contributed by atoms with Crippen LogP contribution in [0.2, 0.25) is 0 Å². The number of aromatic hydroxyl groups is 5. The number of phenolic OH excluding ortho intramolecular Hbond substituents is 5. The number of phenols is 5. The van der Waals surface area contributed by atoms with Crippen molar-refractivity contribution in [2.75, 3.05) is 0 Å². The first kappa shape index (κ1) is 24.5. The number of hydrogen-bond acceptors (Lipinski definition) is 8. The molecule has 1 aliphatic heterocycles. The molecule has 0 bridgehead atoms. The van der Waals surface area contributed by atoms with Crippen molar-refractivity contribution in [1.29, 1.82) is 0 Å². The number of ether oxygens (including phenoxy) is 1. The second-order valence-corrected chi connectivity index (χ2v) is 8.87. The van der Waals surface area contributed by atoms with Gasteiger partial charge in [0, 0.05) is 17.7 Å². The molecule has 0 saturated heterocycles. The van der Waals surface area contributed by atoms with E-state index in [-0.39, 0.29) is 39.9 Å². The Morgan fingerprint density at radius 3 is 1.92 bits per heavy atom. The lowest BCUT2D eigenvalue weighted by Crippen LogP contribution is -2.19. The number of rotatable bonds is 6. The quantitative estimate of drug-likeness (QED) is 0.176. The normalized spacial score (nSPS) is 16.2. The molecule has 190 valence electrons. The summed E-state index contributed by atoms with van der Waals surface area (Å²) in [5.74, 6) is -2.38. The lowest BCUT2D eigenvalue weighted by molar-refractivity contribution is 0.0892. The molecule has 0 unspecified atom stereocenters. The zero-order valence-electron chi connectivity index (χ0n) is 19.8. The summed E-state index contributed by atoms with van der Waals surface area (Å²) in [4.78, 5) is 26.3. The average molecular weight is 510 g/mol. The molecular formula is C30H22O8. The highest BCUT2D eigenvalue weighted by Gasteiger charge is 2.41. The van der Waals surface area contributed by atoms with Crippen LogP contribution in [0.25, 0.3) is 6.08 Å². The van der Waals surface area contributed by atoms with Crippen LogP contribution in [-0.4, -0.2) is 37.1 Å². The van der Waals surface area contributed by atoms with E-state index >= 15 is 0 Å². The van der Waals surface area contributed by atoms with E-state index in [0.29, 0.717) is 22.4 Å². The lowest BCUT2D eigenvalue weighted by atomic mass is 9.84. The summed E-state index contributed by atoms with van der Waals surface area (Å²) in [5, 5.41) is 49.2. The molecule has 0 spiro atoms. The monoisotopic (exact) mass is 510 g/mol. The second-order valence-electron chi connectivity index (χ2n) is 8.87. The molecule has 8 heteroatoms. The molecule has 0 aromatic heterocycles. The van der Waals surface area contributed by atoms with E-state index in [4.69, 9.17) is 4.74 Å². The van der Waals surface area contributed by atoms with Crippen LogP contribution in [0.3, 0.4) is 0 Å². The van der Waals surface area contributed by atoms with Crippen LogP contribution >= 0.6 is 0 Å². The van der Waals surface area contributed by atoms with Gasteiger partial charge in [-0.05, 0) is 65.7 Å². The first-order valence-electron chi connectivity index (χ1n) is 11.6. The molecule has 8 nitrogen and oxygen atoms in total. The molecule has 0 saturated carbocycles. The minimum atomic E-state index is -0.879. The Bertz CT molecular complexity index is 1590. The molecule has 0 aliphatic carbocycles. The van der Waals surface area contributed by atoms with E-state index in [1.54, 1.807) is 30.3 Å². The number of allylic oxidation sites excluding steroid dienone is 1. The topological polar surface area (TPSA) is 145 Å². The molecule has 1 heterocycles. The summed E-state index contributed by atoms with van der Waals surface area (Å²) in [5.41, 5.74) is 1.77. The van der Waals surface area contributed by atoms with Crippen molar-refractivity contribution in [2.24, 2.45) is 0 Å². The first-order chi connectivity index (χ1) is 18.2. The molecule has 4 aromatic rings. The number of fused-ring (bicyclic) bond motifs is 1. The van der Waals surface area contributed by atoms with E-state index in [1.807, 2.05) is 0 Å². The Morgan fingerprint density at radius 1 is 0.684 bits per heavy atom. The highest BCUT2D eigenvalue weighted by molar-refractivity contribution is 6.09. The maximum absolute atomic E-state index is 13.7. The third kappa shape index (κ3) is 4.62. The van der Waals surface area contributed by atoms with Crippen molar-refractivity contribution in [3.8, 4) is 34.5 Å². The first-order valence-corrected chi connectivity index (χ1v) is 11.6. The maximum atomic E-state index is 13.7. The largest absolute Gasteiger partial charge is 0.508 e. The van der Waals surface area contributed by atoms with E-state index in [9.17, 15) is 35.1 Å². The summed E-state index contributed by atoms with van der Waals surface area (Å²) in [6.45, 7) is 0. The zero-order chi connectivity index (χ0) is 27.0. The van der Waals surface area contributed by atoms with Crippen molar-refractivity contribution in [1.82, 2.24) is 0 Å². The van der Waals surface area contributed by atoms with Crippen LogP contribution in [0, 0.1) is 0 Å². The molecular weight excluding hydrogens is 488 g/mol. The molecule has 38 heavy (non-hydrogen) atoms. The van der Waals surface area contributed by atoms with Crippen LogP contribution in [0.1, 0.15) is 49.4 Å². The van der Waals surface area contributed by atoms with Gasteiger partial charge in [-0.3, -0.25) is 9.59 Å². The van der Waals surface area contributed by atoms with Crippen molar-refractivity contribution in [3.05, 3.63) is 113 Å². The van der Waals surface area contributed by atoms with E-state index in [2.05, 4.69) is 0 Å². The fraction of sp³-hybridized carbons (Fsp3) is 0.0667. The van der Waals surface area contributed by atoms with Crippen LogP contribution in [0.4, 0.5) is 0 Å². The number of carbonyl (C=O) groups excluding carboxylic acids is 2. The van der Waals surface area contributed by atoms with E-state index in [1.165, 1.54) is 48.6 Å². The van der Waals surface area contributed by atoms with Gasteiger partial charge in [0.25, 0.3) is 0 Å². The van der Waals surface area contributed by atoms with Crippen LogP contribution in [0.5, 0.6) is 34.5 Å². The molecule has 1 aliphatic rings. The smallest absolute Gasteiger partial charge is 0.189 e. The minimum absolute atomic E-state index is 0.00644. The fourth-order valence-electron chi connectivity index (χ4n) is 4.48.